The van der Waals surface area contributed by atoms with Gasteiger partial charge in [0.15, 0.2) is 0 Å². The molecule has 0 atom stereocenters. The Balaban J connectivity index is 2.07. The Kier molecular flexibility index (Phi) is 4.03. The molecule has 1 aromatic rings. The molecule has 0 radical (unpaired) electrons. The molecule has 0 aromatic carbocycles. The van der Waals surface area contributed by atoms with E-state index >= 15 is 0 Å². The van der Waals surface area contributed by atoms with Crippen molar-refractivity contribution >= 4 is 19.4 Å². The standard InChI is InChI=1S/C13H20N2SSi/c1-17(2,3)9-6-12-10-16-13(15-12)11-4-7-14-8-5-11/h10-11,14H,4-5,7-8H2,1-3H3. The zero-order valence-corrected chi connectivity index (χ0v) is 12.7. The zero-order chi connectivity index (χ0) is 12.3. The lowest BCUT2D eigenvalue weighted by Gasteiger charge is -2.20. The molecule has 0 spiro atoms. The number of nitrogens with one attached hydrogen (secondary N) is 1. The van der Waals surface area contributed by atoms with Crippen LogP contribution in [0, 0.1) is 11.5 Å². The molecule has 4 heteroatoms. The maximum absolute atomic E-state index is 4.68. The molecule has 92 valence electrons. The summed E-state index contributed by atoms with van der Waals surface area (Å²) in [6, 6.07) is 0. The van der Waals surface area contributed by atoms with Gasteiger partial charge in [0.1, 0.15) is 13.8 Å². The summed E-state index contributed by atoms with van der Waals surface area (Å²) in [4.78, 5) is 4.68. The fraction of sp³-hybridized carbons (Fsp3) is 0.615. The molecule has 0 aliphatic carbocycles. The molecule has 0 bridgehead atoms. The molecule has 1 N–H and O–H groups in total. The van der Waals surface area contributed by atoms with Gasteiger partial charge in [-0.1, -0.05) is 25.6 Å². The van der Waals surface area contributed by atoms with Gasteiger partial charge in [-0.25, -0.2) is 4.98 Å². The van der Waals surface area contributed by atoms with Crippen LogP contribution in [0.5, 0.6) is 0 Å². The number of piperidine rings is 1. The van der Waals surface area contributed by atoms with Gasteiger partial charge >= 0.3 is 0 Å². The summed E-state index contributed by atoms with van der Waals surface area (Å²) < 4.78 is 0. The van der Waals surface area contributed by atoms with E-state index in [2.05, 4.69) is 46.8 Å². The predicted molar refractivity (Wildman–Crippen MR) is 77.2 cm³/mol. The third kappa shape index (κ3) is 3.95. The van der Waals surface area contributed by atoms with Gasteiger partial charge in [-0.05, 0) is 25.9 Å². The number of hydrogen-bond donors (Lipinski definition) is 1. The molecular weight excluding hydrogens is 244 g/mol. The Bertz CT molecular complexity index is 430. The molecule has 1 fully saturated rings. The van der Waals surface area contributed by atoms with Crippen molar-refractivity contribution in [3.63, 3.8) is 0 Å². The summed E-state index contributed by atoms with van der Waals surface area (Å²) in [7, 11) is -1.28. The first-order valence-corrected chi connectivity index (χ1v) is 10.6. The number of thiazole rings is 1. The van der Waals surface area contributed by atoms with Gasteiger partial charge in [0.2, 0.25) is 0 Å². The quantitative estimate of drug-likeness (QED) is 0.623. The summed E-state index contributed by atoms with van der Waals surface area (Å²) in [5.41, 5.74) is 4.35. The molecule has 2 heterocycles. The van der Waals surface area contributed by atoms with Crippen molar-refractivity contribution in [2.75, 3.05) is 13.1 Å². The van der Waals surface area contributed by atoms with Crippen LogP contribution in [0.3, 0.4) is 0 Å². The number of aromatic nitrogens is 1. The molecule has 17 heavy (non-hydrogen) atoms. The van der Waals surface area contributed by atoms with E-state index in [4.69, 9.17) is 0 Å². The molecule has 2 nitrogen and oxygen atoms in total. The minimum Gasteiger partial charge on any atom is -0.317 e. The Morgan fingerprint density at radius 3 is 2.71 bits per heavy atom. The van der Waals surface area contributed by atoms with Crippen molar-refractivity contribution in [1.29, 1.82) is 0 Å². The predicted octanol–water partition coefficient (Wildman–Crippen LogP) is 2.84. The molecule has 0 saturated carbocycles. The van der Waals surface area contributed by atoms with Crippen LogP contribution in [-0.2, 0) is 0 Å². The van der Waals surface area contributed by atoms with E-state index in [9.17, 15) is 0 Å². The Morgan fingerprint density at radius 2 is 2.06 bits per heavy atom. The summed E-state index contributed by atoms with van der Waals surface area (Å²) in [6.07, 6.45) is 2.43. The minimum absolute atomic E-state index is 0.656. The van der Waals surface area contributed by atoms with E-state index in [-0.39, 0.29) is 0 Å². The van der Waals surface area contributed by atoms with Crippen molar-refractivity contribution in [1.82, 2.24) is 10.3 Å². The molecular formula is C13H20N2SSi. The Morgan fingerprint density at radius 1 is 1.35 bits per heavy atom. The van der Waals surface area contributed by atoms with E-state index in [1.807, 2.05) is 0 Å². The van der Waals surface area contributed by atoms with Crippen molar-refractivity contribution in [2.45, 2.75) is 38.4 Å². The molecule has 2 rings (SSSR count). The monoisotopic (exact) mass is 264 g/mol. The van der Waals surface area contributed by atoms with Crippen LogP contribution < -0.4 is 5.32 Å². The molecule has 1 aliphatic heterocycles. The van der Waals surface area contributed by atoms with Crippen LogP contribution in [0.4, 0.5) is 0 Å². The summed E-state index contributed by atoms with van der Waals surface area (Å²) >= 11 is 1.78. The zero-order valence-electron chi connectivity index (χ0n) is 10.8. The highest BCUT2D eigenvalue weighted by molar-refractivity contribution is 7.09. The lowest BCUT2D eigenvalue weighted by Crippen LogP contribution is -2.26. The molecule has 0 unspecified atom stereocenters. The average molecular weight is 264 g/mol. The lowest BCUT2D eigenvalue weighted by molar-refractivity contribution is 0.459. The second-order valence-electron chi connectivity index (χ2n) is 5.60. The van der Waals surface area contributed by atoms with Crippen molar-refractivity contribution in [2.24, 2.45) is 0 Å². The van der Waals surface area contributed by atoms with Crippen molar-refractivity contribution in [3.8, 4) is 11.5 Å². The largest absolute Gasteiger partial charge is 0.317 e. The average Bonchev–Trinajstić information content (AvgIpc) is 2.75. The van der Waals surface area contributed by atoms with E-state index < -0.39 is 8.07 Å². The highest BCUT2D eigenvalue weighted by Crippen LogP contribution is 2.27. The van der Waals surface area contributed by atoms with Gasteiger partial charge in [0.25, 0.3) is 0 Å². The maximum Gasteiger partial charge on any atom is 0.129 e. The number of hydrogen-bond acceptors (Lipinski definition) is 3. The summed E-state index contributed by atoms with van der Waals surface area (Å²) in [6.45, 7) is 9.04. The van der Waals surface area contributed by atoms with Crippen LogP contribution >= 0.6 is 11.3 Å². The molecule has 0 amide bonds. The number of rotatable bonds is 1. The van der Waals surface area contributed by atoms with Crippen LogP contribution in [-0.4, -0.2) is 26.1 Å². The van der Waals surface area contributed by atoms with Gasteiger partial charge in [-0.2, -0.15) is 0 Å². The second-order valence-corrected chi connectivity index (χ2v) is 11.2. The van der Waals surface area contributed by atoms with Crippen LogP contribution in [0.15, 0.2) is 5.38 Å². The van der Waals surface area contributed by atoms with Crippen LogP contribution in [0.1, 0.15) is 29.5 Å². The van der Waals surface area contributed by atoms with E-state index in [1.165, 1.54) is 17.8 Å². The third-order valence-electron chi connectivity index (χ3n) is 2.78. The van der Waals surface area contributed by atoms with Gasteiger partial charge < -0.3 is 5.32 Å². The minimum atomic E-state index is -1.28. The van der Waals surface area contributed by atoms with E-state index in [0.717, 1.165) is 18.8 Å². The Hall–Kier alpha value is -0.633. The smallest absolute Gasteiger partial charge is 0.129 e. The topological polar surface area (TPSA) is 24.9 Å². The van der Waals surface area contributed by atoms with E-state index in [1.54, 1.807) is 11.3 Å². The SMILES string of the molecule is C[Si](C)(C)C#Cc1csc(C2CCNCC2)n1. The highest BCUT2D eigenvalue weighted by atomic mass is 32.1. The fourth-order valence-electron chi connectivity index (χ4n) is 1.85. The van der Waals surface area contributed by atoms with Gasteiger partial charge in [0.05, 0.1) is 5.01 Å². The van der Waals surface area contributed by atoms with Gasteiger partial charge in [0, 0.05) is 11.3 Å². The fourth-order valence-corrected chi connectivity index (χ4v) is 3.28. The lowest BCUT2D eigenvalue weighted by atomic mass is 9.99. The second kappa shape index (κ2) is 5.34. The first-order valence-electron chi connectivity index (χ1n) is 6.24. The normalized spacial score (nSPS) is 17.6. The molecule has 1 saturated heterocycles. The Labute approximate surface area is 109 Å². The molecule has 1 aromatic heterocycles. The maximum atomic E-state index is 4.68. The third-order valence-corrected chi connectivity index (χ3v) is 4.66. The van der Waals surface area contributed by atoms with Crippen molar-refractivity contribution in [3.05, 3.63) is 16.1 Å². The van der Waals surface area contributed by atoms with E-state index in [0.29, 0.717) is 5.92 Å². The van der Waals surface area contributed by atoms with Gasteiger partial charge in [-0.3, -0.25) is 0 Å². The molecule has 1 aliphatic rings. The first-order chi connectivity index (χ1) is 8.04. The highest BCUT2D eigenvalue weighted by Gasteiger charge is 2.18. The van der Waals surface area contributed by atoms with Crippen LogP contribution in [0.25, 0.3) is 0 Å². The summed E-state index contributed by atoms with van der Waals surface area (Å²) in [5.74, 6) is 3.90. The van der Waals surface area contributed by atoms with Gasteiger partial charge in [-0.15, -0.1) is 16.9 Å². The van der Waals surface area contributed by atoms with Crippen molar-refractivity contribution < 1.29 is 0 Å². The van der Waals surface area contributed by atoms with Crippen LogP contribution in [0.2, 0.25) is 19.6 Å². The first kappa shape index (κ1) is 12.8. The summed E-state index contributed by atoms with van der Waals surface area (Å²) in [5, 5.41) is 6.79. The number of nitrogens with zero attached hydrogens (tertiary/aromatic N) is 1.